The fraction of sp³-hybridized carbons (Fsp3) is 0.556. The molecular weight excluding hydrogens is 186 g/mol. The average molecular weight is 201 g/mol. The molecule has 3 N–H and O–H groups in total. The summed E-state index contributed by atoms with van der Waals surface area (Å²) in [5, 5.41) is 8.68. The van der Waals surface area contributed by atoms with Crippen LogP contribution in [0.4, 0.5) is 0 Å². The number of nitrogens with two attached hydrogens (primary N) is 1. The molecule has 1 atom stereocenters. The minimum atomic E-state index is -0.125. The van der Waals surface area contributed by atoms with E-state index in [0.29, 0.717) is 0 Å². The lowest BCUT2D eigenvalue weighted by Crippen LogP contribution is -2.26. The molecule has 0 amide bonds. The lowest BCUT2D eigenvalue weighted by molar-refractivity contribution is 0.275. The van der Waals surface area contributed by atoms with Gasteiger partial charge in [0.15, 0.2) is 0 Å². The third kappa shape index (κ3) is 3.42. The third-order valence-electron chi connectivity index (χ3n) is 1.77. The summed E-state index contributed by atoms with van der Waals surface area (Å²) >= 11 is 1.68. The van der Waals surface area contributed by atoms with Gasteiger partial charge in [-0.1, -0.05) is 0 Å². The van der Waals surface area contributed by atoms with Gasteiger partial charge in [0, 0.05) is 11.8 Å². The predicted octanol–water partition coefficient (Wildman–Crippen LogP) is 1.14. The van der Waals surface area contributed by atoms with Gasteiger partial charge in [-0.25, -0.2) is 0 Å². The molecule has 0 spiro atoms. The maximum atomic E-state index is 8.68. The Hall–Kier alpha value is -0.450. The highest BCUT2D eigenvalue weighted by Crippen LogP contribution is 2.16. The summed E-state index contributed by atoms with van der Waals surface area (Å²) in [6, 6.07) is 1.82. The Labute approximate surface area is 82.3 Å². The number of aliphatic hydroxyl groups excluding tert-OH is 1. The van der Waals surface area contributed by atoms with Crippen LogP contribution in [-0.2, 0) is 5.75 Å². The highest BCUT2D eigenvalue weighted by atomic mass is 32.2. The first-order chi connectivity index (χ1) is 6.24. The lowest BCUT2D eigenvalue weighted by Gasteiger charge is -2.06. The van der Waals surface area contributed by atoms with Crippen molar-refractivity contribution in [2.75, 3.05) is 12.4 Å². The van der Waals surface area contributed by atoms with Crippen LogP contribution in [0.3, 0.4) is 0 Å². The second-order valence-corrected chi connectivity index (χ2v) is 4.01. The molecule has 13 heavy (non-hydrogen) atoms. The van der Waals surface area contributed by atoms with Crippen molar-refractivity contribution in [3.8, 4) is 0 Å². The van der Waals surface area contributed by atoms with E-state index in [4.69, 9.17) is 15.3 Å². The van der Waals surface area contributed by atoms with Crippen LogP contribution >= 0.6 is 11.8 Å². The van der Waals surface area contributed by atoms with Crippen LogP contribution in [0.2, 0.25) is 0 Å². The smallest absolute Gasteiger partial charge is 0.116 e. The highest BCUT2D eigenvalue weighted by molar-refractivity contribution is 7.98. The molecule has 0 aromatic carbocycles. The molecule has 1 aromatic heterocycles. The molecule has 0 fully saturated rings. The number of hydrogen-bond donors (Lipinski definition) is 2. The van der Waals surface area contributed by atoms with Gasteiger partial charge in [-0.05, 0) is 18.6 Å². The number of aryl methyl sites for hydroxylation is 1. The van der Waals surface area contributed by atoms with E-state index in [1.807, 2.05) is 13.0 Å². The predicted molar refractivity (Wildman–Crippen MR) is 54.7 cm³/mol. The number of hydrogen-bond acceptors (Lipinski definition) is 4. The summed E-state index contributed by atoms with van der Waals surface area (Å²) in [4.78, 5) is 0. The Morgan fingerprint density at radius 3 is 3.00 bits per heavy atom. The largest absolute Gasteiger partial charge is 0.468 e. The molecule has 1 unspecified atom stereocenters. The van der Waals surface area contributed by atoms with Crippen molar-refractivity contribution in [2.24, 2.45) is 5.73 Å². The van der Waals surface area contributed by atoms with Crippen LogP contribution < -0.4 is 5.73 Å². The van der Waals surface area contributed by atoms with Gasteiger partial charge in [-0.2, -0.15) is 11.8 Å². The second-order valence-electron chi connectivity index (χ2n) is 2.98. The first-order valence-corrected chi connectivity index (χ1v) is 5.36. The molecule has 0 saturated heterocycles. The van der Waals surface area contributed by atoms with Crippen molar-refractivity contribution in [1.82, 2.24) is 0 Å². The molecule has 0 radical (unpaired) electrons. The molecule has 0 aliphatic carbocycles. The van der Waals surface area contributed by atoms with E-state index in [-0.39, 0.29) is 12.6 Å². The molecule has 0 bridgehead atoms. The van der Waals surface area contributed by atoms with Gasteiger partial charge in [0.1, 0.15) is 5.76 Å². The Morgan fingerprint density at radius 2 is 2.46 bits per heavy atom. The zero-order valence-electron chi connectivity index (χ0n) is 7.69. The molecule has 0 saturated carbocycles. The van der Waals surface area contributed by atoms with Crippen LogP contribution in [0.1, 0.15) is 11.3 Å². The van der Waals surface area contributed by atoms with Gasteiger partial charge in [-0.3, -0.25) is 0 Å². The Kier molecular flexibility index (Phi) is 4.35. The van der Waals surface area contributed by atoms with Crippen LogP contribution in [-0.4, -0.2) is 23.5 Å². The maximum absolute atomic E-state index is 8.68. The normalized spacial score (nSPS) is 13.2. The topological polar surface area (TPSA) is 59.4 Å². The first-order valence-electron chi connectivity index (χ1n) is 4.21. The standard InChI is InChI=1S/C9H15NO2S/c1-7-2-3-12-9(7)6-13-5-8(10)4-11/h2-3,8,11H,4-6,10H2,1H3. The third-order valence-corrected chi connectivity index (χ3v) is 2.90. The first kappa shape index (κ1) is 10.6. The van der Waals surface area contributed by atoms with Crippen molar-refractivity contribution < 1.29 is 9.52 Å². The van der Waals surface area contributed by atoms with Gasteiger partial charge in [-0.15, -0.1) is 0 Å². The van der Waals surface area contributed by atoms with Crippen molar-refractivity contribution >= 4 is 11.8 Å². The summed E-state index contributed by atoms with van der Waals surface area (Å²) in [5.74, 6) is 2.58. The van der Waals surface area contributed by atoms with Crippen LogP contribution in [0.15, 0.2) is 16.7 Å². The molecule has 1 heterocycles. The minimum absolute atomic E-state index is 0.0458. The van der Waals surface area contributed by atoms with Crippen molar-refractivity contribution in [2.45, 2.75) is 18.7 Å². The SMILES string of the molecule is Cc1ccoc1CSCC(N)CO. The van der Waals surface area contributed by atoms with Crippen LogP contribution in [0.5, 0.6) is 0 Å². The Bertz CT molecular complexity index is 250. The molecule has 3 nitrogen and oxygen atoms in total. The van der Waals surface area contributed by atoms with Crippen molar-refractivity contribution in [1.29, 1.82) is 0 Å². The fourth-order valence-electron chi connectivity index (χ4n) is 0.908. The van der Waals surface area contributed by atoms with E-state index >= 15 is 0 Å². The van der Waals surface area contributed by atoms with E-state index in [2.05, 4.69) is 0 Å². The van der Waals surface area contributed by atoms with E-state index in [9.17, 15) is 0 Å². The average Bonchev–Trinajstić information content (AvgIpc) is 2.52. The molecule has 1 rings (SSSR count). The Balaban J connectivity index is 2.24. The molecule has 1 aromatic rings. The summed E-state index contributed by atoms with van der Waals surface area (Å²) in [5.41, 5.74) is 6.72. The van der Waals surface area contributed by atoms with E-state index in [0.717, 1.165) is 17.3 Å². The monoisotopic (exact) mass is 201 g/mol. The van der Waals surface area contributed by atoms with Gasteiger partial charge in [0.2, 0.25) is 0 Å². The van der Waals surface area contributed by atoms with Gasteiger partial charge < -0.3 is 15.3 Å². The van der Waals surface area contributed by atoms with E-state index in [1.54, 1.807) is 18.0 Å². The number of thioether (sulfide) groups is 1. The highest BCUT2D eigenvalue weighted by Gasteiger charge is 2.04. The van der Waals surface area contributed by atoms with E-state index in [1.165, 1.54) is 5.56 Å². The van der Waals surface area contributed by atoms with Gasteiger partial charge >= 0.3 is 0 Å². The number of furan rings is 1. The molecule has 74 valence electrons. The fourth-order valence-corrected chi connectivity index (χ4v) is 1.91. The summed E-state index contributed by atoms with van der Waals surface area (Å²) in [6.07, 6.45) is 1.69. The second kappa shape index (κ2) is 5.32. The molecule has 4 heteroatoms. The summed E-state index contributed by atoms with van der Waals surface area (Å²) < 4.78 is 5.26. The molecule has 0 aliphatic rings. The summed E-state index contributed by atoms with van der Waals surface area (Å²) in [6.45, 7) is 2.06. The molecule has 0 aliphatic heterocycles. The zero-order valence-corrected chi connectivity index (χ0v) is 8.51. The molecular formula is C9H15NO2S. The maximum Gasteiger partial charge on any atom is 0.116 e. The minimum Gasteiger partial charge on any atom is -0.468 e. The Morgan fingerprint density at radius 1 is 1.69 bits per heavy atom. The van der Waals surface area contributed by atoms with Crippen molar-refractivity contribution in [3.05, 3.63) is 23.7 Å². The van der Waals surface area contributed by atoms with Crippen LogP contribution in [0.25, 0.3) is 0 Å². The number of aliphatic hydroxyl groups is 1. The van der Waals surface area contributed by atoms with Crippen LogP contribution in [0, 0.1) is 6.92 Å². The van der Waals surface area contributed by atoms with Crippen molar-refractivity contribution in [3.63, 3.8) is 0 Å². The lowest BCUT2D eigenvalue weighted by atomic mass is 10.3. The summed E-state index contributed by atoms with van der Waals surface area (Å²) in [7, 11) is 0. The zero-order chi connectivity index (χ0) is 9.68. The van der Waals surface area contributed by atoms with Gasteiger partial charge in [0.05, 0.1) is 18.6 Å². The number of rotatable bonds is 5. The van der Waals surface area contributed by atoms with Gasteiger partial charge in [0.25, 0.3) is 0 Å². The quantitative estimate of drug-likeness (QED) is 0.750. The van der Waals surface area contributed by atoms with E-state index < -0.39 is 0 Å².